The lowest BCUT2D eigenvalue weighted by molar-refractivity contribution is 0.103. The maximum atomic E-state index is 12.8. The Morgan fingerprint density at radius 3 is 2.22 bits per heavy atom. The van der Waals surface area contributed by atoms with Crippen molar-refractivity contribution in [3.8, 4) is 0 Å². The molecular formula is C20H20N2O3S2. The fourth-order valence-electron chi connectivity index (χ4n) is 2.92. The molecule has 27 heavy (non-hydrogen) atoms. The first-order valence-electron chi connectivity index (χ1n) is 8.32. The molecule has 0 spiro atoms. The largest absolute Gasteiger partial charge is 0.321 e. The smallest absolute Gasteiger partial charge is 0.267 e. The maximum absolute atomic E-state index is 12.8. The van der Waals surface area contributed by atoms with E-state index in [-0.39, 0.29) is 16.5 Å². The fraction of sp³-hybridized carbons (Fsp3) is 0.150. The van der Waals surface area contributed by atoms with Gasteiger partial charge in [-0.25, -0.2) is 8.42 Å². The van der Waals surface area contributed by atoms with Gasteiger partial charge in [0.25, 0.3) is 15.9 Å². The van der Waals surface area contributed by atoms with Gasteiger partial charge in [-0.3, -0.25) is 9.52 Å². The summed E-state index contributed by atoms with van der Waals surface area (Å²) >= 11 is 1.19. The number of sulfonamides is 1. The summed E-state index contributed by atoms with van der Waals surface area (Å²) in [7, 11) is -3.76. The second-order valence-corrected chi connectivity index (χ2v) is 8.91. The number of rotatable bonds is 5. The summed E-state index contributed by atoms with van der Waals surface area (Å²) < 4.78 is 27.6. The molecule has 5 nitrogen and oxygen atoms in total. The van der Waals surface area contributed by atoms with E-state index in [4.69, 9.17) is 0 Å². The lowest BCUT2D eigenvalue weighted by Gasteiger charge is -2.13. The molecule has 2 N–H and O–H groups in total. The van der Waals surface area contributed by atoms with E-state index in [1.54, 1.807) is 29.6 Å². The molecule has 0 bridgehead atoms. The molecule has 0 radical (unpaired) electrons. The summed E-state index contributed by atoms with van der Waals surface area (Å²) in [6, 6.07) is 13.6. The Morgan fingerprint density at radius 2 is 1.59 bits per heavy atom. The van der Waals surface area contributed by atoms with Crippen molar-refractivity contribution in [3.05, 3.63) is 75.5 Å². The van der Waals surface area contributed by atoms with Gasteiger partial charge in [0.2, 0.25) is 0 Å². The summed E-state index contributed by atoms with van der Waals surface area (Å²) in [6.45, 7) is 5.87. The zero-order valence-corrected chi connectivity index (χ0v) is 16.9. The second-order valence-electron chi connectivity index (χ2n) is 6.31. The summed E-state index contributed by atoms with van der Waals surface area (Å²) in [6.07, 6.45) is 0. The molecule has 1 amide bonds. The Kier molecular flexibility index (Phi) is 5.34. The van der Waals surface area contributed by atoms with Crippen molar-refractivity contribution in [1.29, 1.82) is 0 Å². The molecule has 1 heterocycles. The van der Waals surface area contributed by atoms with Crippen LogP contribution in [0.2, 0.25) is 0 Å². The number of carbonyl (C=O) groups excluding carboxylic acids is 1. The number of hydrogen-bond acceptors (Lipinski definition) is 4. The van der Waals surface area contributed by atoms with E-state index in [0.29, 0.717) is 4.88 Å². The van der Waals surface area contributed by atoms with Gasteiger partial charge in [0.1, 0.15) is 4.88 Å². The van der Waals surface area contributed by atoms with Gasteiger partial charge in [0, 0.05) is 5.69 Å². The third-order valence-electron chi connectivity index (χ3n) is 4.08. The average Bonchev–Trinajstić information content (AvgIpc) is 3.06. The first-order valence-corrected chi connectivity index (χ1v) is 10.7. The quantitative estimate of drug-likeness (QED) is 0.650. The predicted molar refractivity (Wildman–Crippen MR) is 110 cm³/mol. The Bertz CT molecular complexity index is 1060. The van der Waals surface area contributed by atoms with Gasteiger partial charge in [0.15, 0.2) is 0 Å². The van der Waals surface area contributed by atoms with Crippen LogP contribution in [0, 0.1) is 20.8 Å². The van der Waals surface area contributed by atoms with Crippen LogP contribution in [0.15, 0.2) is 58.8 Å². The summed E-state index contributed by atoms with van der Waals surface area (Å²) in [4.78, 5) is 13.2. The molecule has 0 aliphatic rings. The SMILES string of the molecule is Cc1cc(C)c(NC(=O)c2sccc2NS(=O)(=O)c2ccccc2)c(C)c1. The van der Waals surface area contributed by atoms with Crippen molar-refractivity contribution < 1.29 is 13.2 Å². The molecule has 2 aromatic carbocycles. The molecule has 0 fully saturated rings. The van der Waals surface area contributed by atoms with Crippen LogP contribution in [0.4, 0.5) is 11.4 Å². The van der Waals surface area contributed by atoms with E-state index in [2.05, 4.69) is 10.0 Å². The van der Waals surface area contributed by atoms with E-state index < -0.39 is 10.0 Å². The zero-order valence-electron chi connectivity index (χ0n) is 15.2. The van der Waals surface area contributed by atoms with E-state index >= 15 is 0 Å². The Morgan fingerprint density at radius 1 is 0.963 bits per heavy atom. The monoisotopic (exact) mass is 400 g/mol. The lowest BCUT2D eigenvalue weighted by atomic mass is 10.1. The van der Waals surface area contributed by atoms with Crippen LogP contribution < -0.4 is 10.0 Å². The Balaban J connectivity index is 1.86. The van der Waals surface area contributed by atoms with Crippen molar-refractivity contribution in [2.24, 2.45) is 0 Å². The number of carbonyl (C=O) groups is 1. The summed E-state index contributed by atoms with van der Waals surface area (Å²) in [5, 5.41) is 4.60. The van der Waals surface area contributed by atoms with Gasteiger partial charge >= 0.3 is 0 Å². The van der Waals surface area contributed by atoms with Crippen LogP contribution in [0.25, 0.3) is 0 Å². The van der Waals surface area contributed by atoms with Crippen molar-refractivity contribution in [2.75, 3.05) is 10.0 Å². The summed E-state index contributed by atoms with van der Waals surface area (Å²) in [5.41, 5.74) is 4.06. The number of hydrogen-bond donors (Lipinski definition) is 2. The molecule has 7 heteroatoms. The molecule has 0 atom stereocenters. The number of amides is 1. The molecular weight excluding hydrogens is 380 g/mol. The molecule has 3 rings (SSSR count). The maximum Gasteiger partial charge on any atom is 0.267 e. The van der Waals surface area contributed by atoms with Gasteiger partial charge in [-0.15, -0.1) is 11.3 Å². The predicted octanol–water partition coefficient (Wildman–Crippen LogP) is 4.73. The van der Waals surface area contributed by atoms with Crippen LogP contribution in [0.5, 0.6) is 0 Å². The molecule has 0 unspecified atom stereocenters. The first kappa shape index (κ1) is 19.1. The van der Waals surface area contributed by atoms with Gasteiger partial charge in [-0.1, -0.05) is 35.9 Å². The van der Waals surface area contributed by atoms with E-state index in [0.717, 1.165) is 22.4 Å². The highest BCUT2D eigenvalue weighted by Gasteiger charge is 2.20. The highest BCUT2D eigenvalue weighted by Crippen LogP contribution is 2.28. The van der Waals surface area contributed by atoms with Gasteiger partial charge < -0.3 is 5.32 Å². The number of aryl methyl sites for hydroxylation is 3. The third-order valence-corrected chi connectivity index (χ3v) is 6.38. The van der Waals surface area contributed by atoms with Crippen molar-refractivity contribution in [1.82, 2.24) is 0 Å². The molecule has 140 valence electrons. The Hall–Kier alpha value is -2.64. The van der Waals surface area contributed by atoms with Crippen LogP contribution >= 0.6 is 11.3 Å². The highest BCUT2D eigenvalue weighted by molar-refractivity contribution is 7.92. The van der Waals surface area contributed by atoms with E-state index in [1.165, 1.54) is 23.5 Å². The van der Waals surface area contributed by atoms with Crippen LogP contribution in [-0.4, -0.2) is 14.3 Å². The molecule has 0 saturated carbocycles. The number of anilines is 2. The highest BCUT2D eigenvalue weighted by atomic mass is 32.2. The van der Waals surface area contributed by atoms with Crippen molar-refractivity contribution >= 4 is 38.6 Å². The van der Waals surface area contributed by atoms with Crippen molar-refractivity contribution in [3.63, 3.8) is 0 Å². The molecule has 0 aliphatic carbocycles. The van der Waals surface area contributed by atoms with Crippen molar-refractivity contribution in [2.45, 2.75) is 25.7 Å². The Labute approximate surface area is 163 Å². The number of benzene rings is 2. The second kappa shape index (κ2) is 7.54. The lowest BCUT2D eigenvalue weighted by Crippen LogP contribution is -2.17. The fourth-order valence-corrected chi connectivity index (χ4v) is 4.82. The van der Waals surface area contributed by atoms with Gasteiger partial charge in [-0.2, -0.15) is 0 Å². The minimum absolute atomic E-state index is 0.146. The zero-order chi connectivity index (χ0) is 19.6. The molecule has 3 aromatic rings. The van der Waals surface area contributed by atoms with Crippen LogP contribution in [0.3, 0.4) is 0 Å². The first-order chi connectivity index (χ1) is 12.8. The van der Waals surface area contributed by atoms with Gasteiger partial charge in [-0.05, 0) is 55.5 Å². The standard InChI is InChI=1S/C20H20N2O3S2/c1-13-11-14(2)18(15(3)12-13)21-20(23)19-17(9-10-26-19)22-27(24,25)16-7-5-4-6-8-16/h4-12,22H,1-3H3,(H,21,23). The van der Waals surface area contributed by atoms with Crippen LogP contribution in [-0.2, 0) is 10.0 Å². The van der Waals surface area contributed by atoms with E-state index in [9.17, 15) is 13.2 Å². The number of thiophene rings is 1. The summed E-state index contributed by atoms with van der Waals surface area (Å²) in [5.74, 6) is -0.342. The van der Waals surface area contributed by atoms with Crippen LogP contribution in [0.1, 0.15) is 26.4 Å². The minimum atomic E-state index is -3.76. The molecule has 1 aromatic heterocycles. The van der Waals surface area contributed by atoms with E-state index in [1.807, 2.05) is 32.9 Å². The minimum Gasteiger partial charge on any atom is -0.321 e. The number of nitrogens with one attached hydrogen (secondary N) is 2. The topological polar surface area (TPSA) is 75.3 Å². The van der Waals surface area contributed by atoms with Gasteiger partial charge in [0.05, 0.1) is 10.6 Å². The molecule has 0 saturated heterocycles. The average molecular weight is 401 g/mol. The molecule has 0 aliphatic heterocycles. The normalized spacial score (nSPS) is 11.2. The third kappa shape index (κ3) is 4.20.